The molecule has 1 heterocycles. The van der Waals surface area contributed by atoms with Crippen LogP contribution in [-0.2, 0) is 19.1 Å². The van der Waals surface area contributed by atoms with Gasteiger partial charge in [0.25, 0.3) is 0 Å². The number of nitrogens with zero attached hydrogens (tertiary/aromatic N) is 1. The molecule has 9 heteroatoms. The Kier molecular flexibility index (Phi) is 6.15. The standard InChI is InChI=1S/C26H27N3O6/c30-23-13-22(25(32)33)29(28-23)24(31)12-15-9-10-16(11-15)27-26(34)35-14-21-19-7-3-1-5-17(19)18-6-2-4-8-20(18)21/h1-8,15-16,21-22H,9-14H2,(H,27,34)(H,28,30)(H,32,33). The number of carboxylic acids is 1. The van der Waals surface area contributed by atoms with Gasteiger partial charge in [0.05, 0.1) is 6.42 Å². The van der Waals surface area contributed by atoms with Crippen molar-refractivity contribution >= 4 is 23.9 Å². The molecule has 9 nitrogen and oxygen atoms in total. The number of benzene rings is 2. The van der Waals surface area contributed by atoms with Crippen molar-refractivity contribution in [2.45, 2.75) is 50.1 Å². The zero-order chi connectivity index (χ0) is 24.5. The van der Waals surface area contributed by atoms with Gasteiger partial charge < -0.3 is 15.2 Å². The first-order valence-electron chi connectivity index (χ1n) is 11.9. The van der Waals surface area contributed by atoms with Gasteiger partial charge in [0.2, 0.25) is 11.8 Å². The van der Waals surface area contributed by atoms with E-state index in [4.69, 9.17) is 4.74 Å². The first-order chi connectivity index (χ1) is 16.9. The number of hydrogen-bond acceptors (Lipinski definition) is 5. The summed E-state index contributed by atoms with van der Waals surface area (Å²) in [4.78, 5) is 48.0. The zero-order valence-electron chi connectivity index (χ0n) is 19.1. The van der Waals surface area contributed by atoms with E-state index >= 15 is 0 Å². The predicted molar refractivity (Wildman–Crippen MR) is 125 cm³/mol. The third-order valence-electron chi connectivity index (χ3n) is 7.16. The van der Waals surface area contributed by atoms with Crippen LogP contribution in [0.5, 0.6) is 0 Å². The van der Waals surface area contributed by atoms with E-state index in [1.54, 1.807) is 0 Å². The minimum absolute atomic E-state index is 0.00617. The summed E-state index contributed by atoms with van der Waals surface area (Å²) in [6.45, 7) is 0.236. The second kappa shape index (κ2) is 9.40. The molecule has 2 aromatic rings. The Hall–Kier alpha value is -3.88. The molecule has 182 valence electrons. The normalized spacial score (nSPS) is 22.9. The number of nitrogens with one attached hydrogen (secondary N) is 2. The fraction of sp³-hybridized carbons (Fsp3) is 0.385. The Morgan fingerprint density at radius 2 is 1.69 bits per heavy atom. The van der Waals surface area contributed by atoms with Crippen molar-refractivity contribution in [3.63, 3.8) is 0 Å². The first-order valence-corrected chi connectivity index (χ1v) is 11.9. The molecule has 0 aromatic heterocycles. The van der Waals surface area contributed by atoms with Gasteiger partial charge in [-0.15, -0.1) is 0 Å². The fourth-order valence-electron chi connectivity index (χ4n) is 5.50. The molecule has 1 saturated heterocycles. The Morgan fingerprint density at radius 3 is 2.34 bits per heavy atom. The van der Waals surface area contributed by atoms with Crippen LogP contribution in [0.25, 0.3) is 11.1 Å². The van der Waals surface area contributed by atoms with Crippen molar-refractivity contribution in [2.75, 3.05) is 6.61 Å². The number of amides is 3. The molecule has 3 amide bonds. The minimum atomic E-state index is -1.21. The van der Waals surface area contributed by atoms with Crippen LogP contribution in [0, 0.1) is 5.92 Å². The van der Waals surface area contributed by atoms with Gasteiger partial charge in [-0.1, -0.05) is 48.5 Å². The van der Waals surface area contributed by atoms with Crippen LogP contribution in [0.15, 0.2) is 48.5 Å². The lowest BCUT2D eigenvalue weighted by molar-refractivity contribution is -0.150. The molecular weight excluding hydrogens is 450 g/mol. The monoisotopic (exact) mass is 477 g/mol. The van der Waals surface area contributed by atoms with Crippen molar-refractivity contribution in [1.29, 1.82) is 0 Å². The summed E-state index contributed by atoms with van der Waals surface area (Å²) >= 11 is 0. The molecule has 0 radical (unpaired) electrons. The van der Waals surface area contributed by atoms with Gasteiger partial charge in [-0.3, -0.25) is 15.0 Å². The molecule has 2 aliphatic carbocycles. The van der Waals surface area contributed by atoms with Gasteiger partial charge in [0.1, 0.15) is 6.61 Å². The lowest BCUT2D eigenvalue weighted by atomic mass is 9.98. The molecule has 5 rings (SSSR count). The molecule has 3 atom stereocenters. The number of carbonyl (C=O) groups excluding carboxylic acids is 3. The Labute approximate surface area is 202 Å². The molecule has 3 unspecified atom stereocenters. The average Bonchev–Trinajstić information content (AvgIpc) is 3.53. The van der Waals surface area contributed by atoms with E-state index in [0.717, 1.165) is 22.6 Å². The summed E-state index contributed by atoms with van der Waals surface area (Å²) in [7, 11) is 0. The Balaban J connectivity index is 1.12. The molecule has 1 saturated carbocycles. The van der Waals surface area contributed by atoms with Gasteiger partial charge in [-0.2, -0.15) is 0 Å². The summed E-state index contributed by atoms with van der Waals surface area (Å²) in [6.07, 6.45) is 1.41. The SMILES string of the molecule is O=C1CC(C(=O)O)N(C(=O)CC2CCC(NC(=O)OCC3c4ccccc4-c4ccccc43)C2)N1. The van der Waals surface area contributed by atoms with E-state index in [2.05, 4.69) is 35.0 Å². The highest BCUT2D eigenvalue weighted by atomic mass is 16.5. The summed E-state index contributed by atoms with van der Waals surface area (Å²) in [5, 5.41) is 13.1. The van der Waals surface area contributed by atoms with Crippen molar-refractivity contribution in [3.05, 3.63) is 59.7 Å². The summed E-state index contributed by atoms with van der Waals surface area (Å²) in [6, 6.07) is 15.0. The number of fused-ring (bicyclic) bond motifs is 3. The molecule has 35 heavy (non-hydrogen) atoms. The molecule has 1 aliphatic heterocycles. The highest BCUT2D eigenvalue weighted by Crippen LogP contribution is 2.44. The second-order valence-electron chi connectivity index (χ2n) is 9.41. The van der Waals surface area contributed by atoms with Crippen molar-refractivity contribution in [1.82, 2.24) is 15.8 Å². The number of carbonyl (C=O) groups is 4. The number of rotatable bonds is 6. The maximum absolute atomic E-state index is 12.6. The zero-order valence-corrected chi connectivity index (χ0v) is 19.1. The van der Waals surface area contributed by atoms with Crippen LogP contribution in [0.3, 0.4) is 0 Å². The lowest BCUT2D eigenvalue weighted by Gasteiger charge is -2.22. The van der Waals surface area contributed by atoms with Crippen molar-refractivity contribution < 1.29 is 29.0 Å². The summed E-state index contributed by atoms with van der Waals surface area (Å²) < 4.78 is 5.61. The van der Waals surface area contributed by atoms with Crippen LogP contribution in [0.1, 0.15) is 49.1 Å². The van der Waals surface area contributed by atoms with Crippen LogP contribution < -0.4 is 10.7 Å². The minimum Gasteiger partial charge on any atom is -0.480 e. The van der Waals surface area contributed by atoms with Gasteiger partial charge in [-0.25, -0.2) is 14.6 Å². The smallest absolute Gasteiger partial charge is 0.407 e. The number of carboxylic acid groups (broad SMARTS) is 1. The van der Waals surface area contributed by atoms with Crippen LogP contribution in [-0.4, -0.2) is 52.7 Å². The van der Waals surface area contributed by atoms with E-state index in [0.29, 0.717) is 12.8 Å². The number of ether oxygens (including phenoxy) is 1. The van der Waals surface area contributed by atoms with E-state index in [9.17, 15) is 24.3 Å². The molecule has 2 aromatic carbocycles. The number of aliphatic carboxylic acids is 1. The quantitative estimate of drug-likeness (QED) is 0.588. The number of hydrazine groups is 1. The topological polar surface area (TPSA) is 125 Å². The predicted octanol–water partition coefficient (Wildman–Crippen LogP) is 2.80. The fourth-order valence-corrected chi connectivity index (χ4v) is 5.50. The Morgan fingerprint density at radius 1 is 1.03 bits per heavy atom. The van der Waals surface area contributed by atoms with Gasteiger partial charge in [0, 0.05) is 18.4 Å². The van der Waals surface area contributed by atoms with Gasteiger partial charge in [0.15, 0.2) is 6.04 Å². The van der Waals surface area contributed by atoms with E-state index < -0.39 is 29.9 Å². The maximum Gasteiger partial charge on any atom is 0.407 e. The Bertz CT molecular complexity index is 1140. The molecular formula is C26H27N3O6. The summed E-state index contributed by atoms with van der Waals surface area (Å²) in [5.74, 6) is -2.13. The average molecular weight is 478 g/mol. The second-order valence-corrected chi connectivity index (χ2v) is 9.41. The molecule has 2 fully saturated rings. The molecule has 0 spiro atoms. The van der Waals surface area contributed by atoms with Crippen LogP contribution >= 0.6 is 0 Å². The largest absolute Gasteiger partial charge is 0.480 e. The number of hydrogen-bond donors (Lipinski definition) is 3. The van der Waals surface area contributed by atoms with E-state index in [1.165, 1.54) is 11.1 Å². The van der Waals surface area contributed by atoms with Crippen LogP contribution in [0.2, 0.25) is 0 Å². The molecule has 3 aliphatic rings. The maximum atomic E-state index is 12.6. The molecule has 3 N–H and O–H groups in total. The third-order valence-corrected chi connectivity index (χ3v) is 7.16. The van der Waals surface area contributed by atoms with Crippen molar-refractivity contribution in [2.24, 2.45) is 5.92 Å². The third kappa shape index (κ3) is 4.58. The number of alkyl carbamates (subject to hydrolysis) is 1. The van der Waals surface area contributed by atoms with Crippen molar-refractivity contribution in [3.8, 4) is 11.1 Å². The van der Waals surface area contributed by atoms with E-state index in [1.807, 2.05) is 24.3 Å². The highest BCUT2D eigenvalue weighted by Gasteiger charge is 2.40. The van der Waals surface area contributed by atoms with Gasteiger partial charge >= 0.3 is 12.1 Å². The lowest BCUT2D eigenvalue weighted by Crippen LogP contribution is -2.46. The summed E-state index contributed by atoms with van der Waals surface area (Å²) in [5.41, 5.74) is 6.96. The molecule has 0 bridgehead atoms. The van der Waals surface area contributed by atoms with Gasteiger partial charge in [-0.05, 0) is 47.4 Å². The van der Waals surface area contributed by atoms with Crippen LogP contribution in [0.4, 0.5) is 4.79 Å². The highest BCUT2D eigenvalue weighted by molar-refractivity contribution is 5.93. The first kappa shape index (κ1) is 22.9. The van der Waals surface area contributed by atoms with E-state index in [-0.39, 0.29) is 37.3 Å².